The van der Waals surface area contributed by atoms with E-state index in [4.69, 9.17) is 11.6 Å². The Bertz CT molecular complexity index is 340. The van der Waals surface area contributed by atoms with E-state index in [1.165, 1.54) is 12.1 Å². The highest BCUT2D eigenvalue weighted by Gasteiger charge is 2.05. The number of carbonyl (C=O) groups excluding carboxylic acids is 1. The molecule has 0 spiro atoms. The van der Waals surface area contributed by atoms with Crippen molar-refractivity contribution in [2.75, 3.05) is 0 Å². The van der Waals surface area contributed by atoms with Gasteiger partial charge in [-0.3, -0.25) is 4.79 Å². The highest BCUT2D eigenvalue weighted by Crippen LogP contribution is 2.02. The Kier molecular flexibility index (Phi) is 2.10. The van der Waals surface area contributed by atoms with Crippen LogP contribution in [0.2, 0.25) is 0 Å². The van der Waals surface area contributed by atoms with Gasteiger partial charge in [-0.1, -0.05) is 0 Å². The maximum absolute atomic E-state index is 10.6. The Morgan fingerprint density at radius 1 is 1.55 bits per heavy atom. The molecule has 0 atom stereocenters. The van der Waals surface area contributed by atoms with Crippen LogP contribution in [0, 0.1) is 6.92 Å². The summed E-state index contributed by atoms with van der Waals surface area (Å²) in [4.78, 5) is 21.1. The van der Waals surface area contributed by atoms with E-state index in [9.17, 15) is 9.59 Å². The molecule has 0 N–H and O–H groups in total. The average Bonchev–Trinajstić information content (AvgIpc) is 1.85. The Hall–Kier alpha value is -1.09. The maximum atomic E-state index is 10.6. The number of hydrogen-bond donors (Lipinski definition) is 0. The van der Waals surface area contributed by atoms with Crippen LogP contribution >= 0.6 is 11.6 Å². The van der Waals surface area contributed by atoms with Crippen LogP contribution in [0.15, 0.2) is 21.3 Å². The fourth-order valence-electron chi connectivity index (χ4n) is 0.699. The maximum Gasteiger partial charge on any atom is 0.336 e. The first kappa shape index (κ1) is 8.01. The van der Waals surface area contributed by atoms with E-state index < -0.39 is 10.9 Å². The third kappa shape index (κ3) is 1.91. The van der Waals surface area contributed by atoms with E-state index in [1.54, 1.807) is 6.92 Å². The monoisotopic (exact) mass is 172 g/mol. The van der Waals surface area contributed by atoms with E-state index in [1.807, 2.05) is 0 Å². The molecule has 0 radical (unpaired) electrons. The van der Waals surface area contributed by atoms with Gasteiger partial charge in [0.05, 0.1) is 0 Å². The molecule has 0 saturated heterocycles. The van der Waals surface area contributed by atoms with Crippen molar-refractivity contribution in [1.29, 1.82) is 0 Å². The summed E-state index contributed by atoms with van der Waals surface area (Å²) in [6.45, 7) is 1.68. The van der Waals surface area contributed by atoms with Crippen molar-refractivity contribution < 1.29 is 9.21 Å². The molecule has 0 aliphatic heterocycles. The van der Waals surface area contributed by atoms with Crippen molar-refractivity contribution in [3.63, 3.8) is 0 Å². The summed E-state index contributed by atoms with van der Waals surface area (Å²) < 4.78 is 4.48. The minimum atomic E-state index is -0.759. The Labute approximate surface area is 67.6 Å². The lowest BCUT2D eigenvalue weighted by atomic mass is 10.3. The summed E-state index contributed by atoms with van der Waals surface area (Å²) in [6.07, 6.45) is 0. The van der Waals surface area contributed by atoms with Crippen LogP contribution in [0.5, 0.6) is 0 Å². The molecule has 1 rings (SSSR count). The molecule has 3 nitrogen and oxygen atoms in total. The molecule has 0 fully saturated rings. The minimum absolute atomic E-state index is 0.114. The molecule has 0 bridgehead atoms. The molecule has 4 heteroatoms. The summed E-state index contributed by atoms with van der Waals surface area (Å²) in [6, 6.07) is 2.69. The molecular formula is C7H5ClO3. The highest BCUT2D eigenvalue weighted by atomic mass is 35.5. The van der Waals surface area contributed by atoms with E-state index >= 15 is 0 Å². The van der Waals surface area contributed by atoms with Crippen LogP contribution in [0.25, 0.3) is 0 Å². The van der Waals surface area contributed by atoms with Crippen molar-refractivity contribution in [2.45, 2.75) is 6.92 Å². The van der Waals surface area contributed by atoms with Gasteiger partial charge in [0.25, 0.3) is 5.24 Å². The predicted molar refractivity (Wildman–Crippen MR) is 39.9 cm³/mol. The van der Waals surface area contributed by atoms with E-state index in [2.05, 4.69) is 4.42 Å². The van der Waals surface area contributed by atoms with Crippen molar-refractivity contribution >= 4 is 16.8 Å². The molecule has 58 valence electrons. The number of rotatable bonds is 1. The first-order chi connectivity index (χ1) is 5.09. The molecule has 1 aromatic heterocycles. The molecule has 11 heavy (non-hydrogen) atoms. The predicted octanol–water partition coefficient (Wildman–Crippen LogP) is 1.33. The van der Waals surface area contributed by atoms with Gasteiger partial charge in [0, 0.05) is 6.07 Å². The van der Waals surface area contributed by atoms with Crippen LogP contribution < -0.4 is 5.63 Å². The third-order valence-corrected chi connectivity index (χ3v) is 1.29. The van der Waals surface area contributed by atoms with Crippen molar-refractivity contribution in [1.82, 2.24) is 0 Å². The lowest BCUT2D eigenvalue weighted by Crippen LogP contribution is -2.02. The van der Waals surface area contributed by atoms with Crippen LogP contribution in [-0.4, -0.2) is 5.24 Å². The summed E-state index contributed by atoms with van der Waals surface area (Å²) >= 11 is 5.08. The first-order valence-electron chi connectivity index (χ1n) is 2.91. The molecule has 0 aliphatic carbocycles. The van der Waals surface area contributed by atoms with Gasteiger partial charge in [0.1, 0.15) is 0 Å². The molecule has 0 amide bonds. The third-order valence-electron chi connectivity index (χ3n) is 1.11. The Morgan fingerprint density at radius 3 is 2.64 bits per heavy atom. The van der Waals surface area contributed by atoms with Gasteiger partial charge in [-0.25, -0.2) is 4.79 Å². The van der Waals surface area contributed by atoms with Crippen LogP contribution in [0.4, 0.5) is 0 Å². The zero-order valence-electron chi connectivity index (χ0n) is 5.76. The smallest absolute Gasteiger partial charge is 0.336 e. The number of halogens is 1. The van der Waals surface area contributed by atoms with Crippen LogP contribution in [0.3, 0.4) is 0 Å². The zero-order chi connectivity index (χ0) is 8.43. The van der Waals surface area contributed by atoms with Gasteiger partial charge in [-0.15, -0.1) is 0 Å². The molecule has 0 saturated carbocycles. The van der Waals surface area contributed by atoms with Gasteiger partial charge in [-0.05, 0) is 30.2 Å². The van der Waals surface area contributed by atoms with Gasteiger partial charge < -0.3 is 4.42 Å². The molecule has 0 aliphatic rings. The van der Waals surface area contributed by atoms with E-state index in [0.717, 1.165) is 0 Å². The Balaban J connectivity index is 3.30. The lowest BCUT2D eigenvalue weighted by Gasteiger charge is -1.92. The lowest BCUT2D eigenvalue weighted by molar-refractivity contribution is 0.105. The summed E-state index contributed by atoms with van der Waals surface area (Å²) in [7, 11) is 0. The fraction of sp³-hybridized carbons (Fsp3) is 0.143. The molecule has 0 aromatic carbocycles. The average molecular weight is 173 g/mol. The van der Waals surface area contributed by atoms with Crippen molar-refractivity contribution in [3.05, 3.63) is 33.9 Å². The summed E-state index contributed by atoms with van der Waals surface area (Å²) in [5.74, 6) is -0.114. The standard InChI is InChI=1S/C7H5ClO3/c1-4-2-5(7(8)10)11-6(9)3-4/h2-3H,1H3. The van der Waals surface area contributed by atoms with Crippen LogP contribution in [0.1, 0.15) is 16.1 Å². The van der Waals surface area contributed by atoms with Crippen molar-refractivity contribution in [3.8, 4) is 0 Å². The second-order valence-corrected chi connectivity index (χ2v) is 2.44. The second-order valence-electron chi connectivity index (χ2n) is 2.09. The topological polar surface area (TPSA) is 47.3 Å². The number of carbonyl (C=O) groups is 1. The minimum Gasteiger partial charge on any atom is -0.418 e. The van der Waals surface area contributed by atoms with E-state index in [-0.39, 0.29) is 5.76 Å². The summed E-state index contributed by atoms with van der Waals surface area (Å²) in [5.41, 5.74) is 0.0965. The zero-order valence-corrected chi connectivity index (χ0v) is 6.51. The molecular weight excluding hydrogens is 168 g/mol. The molecule has 1 aromatic rings. The first-order valence-corrected chi connectivity index (χ1v) is 3.29. The SMILES string of the molecule is Cc1cc(C(=O)Cl)oc(=O)c1. The molecule has 1 heterocycles. The van der Waals surface area contributed by atoms with Gasteiger partial charge in [-0.2, -0.15) is 0 Å². The molecule has 0 unspecified atom stereocenters. The largest absolute Gasteiger partial charge is 0.418 e. The normalized spacial score (nSPS) is 9.64. The van der Waals surface area contributed by atoms with Gasteiger partial charge in [0.15, 0.2) is 5.76 Å². The fourth-order valence-corrected chi connectivity index (χ4v) is 0.792. The summed E-state index contributed by atoms with van der Waals surface area (Å²) in [5, 5.41) is -0.759. The second kappa shape index (κ2) is 2.88. The van der Waals surface area contributed by atoms with E-state index in [0.29, 0.717) is 5.56 Å². The quantitative estimate of drug-likeness (QED) is 0.601. The number of aryl methyl sites for hydroxylation is 1. The highest BCUT2D eigenvalue weighted by molar-refractivity contribution is 6.67. The van der Waals surface area contributed by atoms with Crippen molar-refractivity contribution in [2.24, 2.45) is 0 Å². The van der Waals surface area contributed by atoms with Gasteiger partial charge in [0.2, 0.25) is 0 Å². The Morgan fingerprint density at radius 2 is 2.18 bits per heavy atom. The number of hydrogen-bond acceptors (Lipinski definition) is 3. The van der Waals surface area contributed by atoms with Gasteiger partial charge >= 0.3 is 5.63 Å². The van der Waals surface area contributed by atoms with Crippen LogP contribution in [-0.2, 0) is 0 Å².